The Balaban J connectivity index is 2.09. The first-order chi connectivity index (χ1) is 9.00. The van der Waals surface area contributed by atoms with Gasteiger partial charge in [0.05, 0.1) is 10.0 Å². The molecular weight excluding hydrogens is 315 g/mol. The molecule has 1 aromatic carbocycles. The number of benzene rings is 1. The first-order valence-electron chi connectivity index (χ1n) is 5.99. The average Bonchev–Trinajstić information content (AvgIpc) is 2.41. The largest absolute Gasteiger partial charge is 0.339 e. The summed E-state index contributed by atoms with van der Waals surface area (Å²) in [6.07, 6.45) is 0. The minimum Gasteiger partial charge on any atom is -0.339 e. The molecule has 0 N–H and O–H groups in total. The van der Waals surface area contributed by atoms with Gasteiger partial charge in [0.25, 0.3) is 5.91 Å². The highest BCUT2D eigenvalue weighted by Crippen LogP contribution is 2.22. The molecule has 0 bridgehead atoms. The Morgan fingerprint density at radius 2 is 1.74 bits per heavy atom. The van der Waals surface area contributed by atoms with E-state index in [0.717, 1.165) is 0 Å². The average molecular weight is 329 g/mol. The summed E-state index contributed by atoms with van der Waals surface area (Å²) in [4.78, 5) is 26.8. The Hall–Kier alpha value is -1.43. The number of rotatable bonds is 1. The van der Waals surface area contributed by atoms with Crippen LogP contribution in [0.25, 0.3) is 0 Å². The molecule has 2 amide bonds. The van der Waals surface area contributed by atoms with Gasteiger partial charge in [-0.2, -0.15) is 0 Å². The molecule has 1 aliphatic rings. The summed E-state index contributed by atoms with van der Waals surface area (Å²) in [5, 5.41) is 0. The number of carbonyl (C=O) groups excluding carboxylic acids is 2. The van der Waals surface area contributed by atoms with Crippen molar-refractivity contribution < 1.29 is 14.0 Å². The molecule has 6 heteroatoms. The van der Waals surface area contributed by atoms with Crippen molar-refractivity contribution in [3.8, 4) is 0 Å². The van der Waals surface area contributed by atoms with Gasteiger partial charge >= 0.3 is 0 Å². The molecule has 1 fully saturated rings. The lowest BCUT2D eigenvalue weighted by molar-refractivity contribution is -0.130. The lowest BCUT2D eigenvalue weighted by Gasteiger charge is -2.34. The molecule has 0 spiro atoms. The minimum absolute atomic E-state index is 0.0130. The molecule has 102 valence electrons. The van der Waals surface area contributed by atoms with Gasteiger partial charge < -0.3 is 9.80 Å². The monoisotopic (exact) mass is 328 g/mol. The second-order valence-corrected chi connectivity index (χ2v) is 5.19. The van der Waals surface area contributed by atoms with Crippen molar-refractivity contribution in [2.45, 2.75) is 6.92 Å². The number of hydrogen-bond donors (Lipinski definition) is 0. The Bertz CT molecular complexity index is 513. The van der Waals surface area contributed by atoms with Gasteiger partial charge in [-0.1, -0.05) is 6.07 Å². The molecule has 0 saturated carbocycles. The van der Waals surface area contributed by atoms with E-state index in [4.69, 9.17) is 0 Å². The maximum Gasteiger partial charge on any atom is 0.255 e. The summed E-state index contributed by atoms with van der Waals surface area (Å²) >= 11 is 3.10. The Morgan fingerprint density at radius 1 is 1.16 bits per heavy atom. The van der Waals surface area contributed by atoms with Crippen LogP contribution < -0.4 is 0 Å². The predicted molar refractivity (Wildman–Crippen MR) is 72.3 cm³/mol. The van der Waals surface area contributed by atoms with Crippen molar-refractivity contribution in [2.75, 3.05) is 26.2 Å². The van der Waals surface area contributed by atoms with Gasteiger partial charge in [-0.3, -0.25) is 9.59 Å². The van der Waals surface area contributed by atoms with Gasteiger partial charge in [0, 0.05) is 33.1 Å². The maximum absolute atomic E-state index is 13.4. The standard InChI is InChI=1S/C13H14BrFN2O2/c1-9(18)16-5-7-17(8-6-16)13(19)10-3-2-4-11(15)12(10)14/h2-4H,5-8H2,1H3. The van der Waals surface area contributed by atoms with Crippen LogP contribution in [0.1, 0.15) is 17.3 Å². The molecule has 0 atom stereocenters. The summed E-state index contributed by atoms with van der Waals surface area (Å²) in [5.41, 5.74) is 0.316. The third kappa shape index (κ3) is 2.94. The summed E-state index contributed by atoms with van der Waals surface area (Å²) in [6, 6.07) is 4.40. The number of carbonyl (C=O) groups is 2. The molecule has 1 heterocycles. The van der Waals surface area contributed by atoms with E-state index in [2.05, 4.69) is 15.9 Å². The van der Waals surface area contributed by atoms with Crippen molar-refractivity contribution in [3.05, 3.63) is 34.1 Å². The second kappa shape index (κ2) is 5.69. The van der Waals surface area contributed by atoms with Crippen molar-refractivity contribution in [1.82, 2.24) is 9.80 Å². The Kier molecular flexibility index (Phi) is 4.19. The second-order valence-electron chi connectivity index (χ2n) is 4.40. The van der Waals surface area contributed by atoms with Crippen molar-refractivity contribution in [3.63, 3.8) is 0 Å². The number of piperazine rings is 1. The summed E-state index contributed by atoms with van der Waals surface area (Å²) in [5.74, 6) is -0.651. The zero-order valence-corrected chi connectivity index (χ0v) is 12.1. The first kappa shape index (κ1) is 14.0. The summed E-state index contributed by atoms with van der Waals surface area (Å²) < 4.78 is 13.6. The van der Waals surface area contributed by atoms with Gasteiger partial charge in [0.1, 0.15) is 5.82 Å². The van der Waals surface area contributed by atoms with Crippen LogP contribution in [0, 0.1) is 5.82 Å². The normalized spacial score (nSPS) is 15.5. The number of amides is 2. The van der Waals surface area contributed by atoms with Gasteiger partial charge in [-0.25, -0.2) is 4.39 Å². The third-order valence-corrected chi connectivity index (χ3v) is 4.00. The van der Waals surface area contributed by atoms with Crippen LogP contribution in [0.3, 0.4) is 0 Å². The quantitative estimate of drug-likeness (QED) is 0.790. The number of hydrogen-bond acceptors (Lipinski definition) is 2. The van der Waals surface area contributed by atoms with Crippen LogP contribution in [0.15, 0.2) is 22.7 Å². The van der Waals surface area contributed by atoms with Gasteiger partial charge in [0.2, 0.25) is 5.91 Å². The molecule has 19 heavy (non-hydrogen) atoms. The third-order valence-electron chi connectivity index (χ3n) is 3.19. The van der Waals surface area contributed by atoms with E-state index in [0.29, 0.717) is 31.7 Å². The van der Waals surface area contributed by atoms with Crippen LogP contribution in [-0.4, -0.2) is 47.8 Å². The van der Waals surface area contributed by atoms with E-state index in [1.54, 1.807) is 15.9 Å². The zero-order chi connectivity index (χ0) is 14.0. The van der Waals surface area contributed by atoms with Gasteiger partial charge in [-0.15, -0.1) is 0 Å². The summed E-state index contributed by atoms with van der Waals surface area (Å²) in [6.45, 7) is 3.51. The molecule has 1 aliphatic heterocycles. The number of halogens is 2. The fourth-order valence-electron chi connectivity index (χ4n) is 2.06. The van der Waals surface area contributed by atoms with E-state index in [-0.39, 0.29) is 16.3 Å². The van der Waals surface area contributed by atoms with Crippen molar-refractivity contribution in [1.29, 1.82) is 0 Å². The SMILES string of the molecule is CC(=O)N1CCN(C(=O)c2cccc(F)c2Br)CC1. The topological polar surface area (TPSA) is 40.6 Å². The van der Waals surface area contributed by atoms with E-state index in [1.165, 1.54) is 19.1 Å². The first-order valence-corrected chi connectivity index (χ1v) is 6.79. The van der Waals surface area contributed by atoms with Crippen LogP contribution in [0.4, 0.5) is 4.39 Å². The van der Waals surface area contributed by atoms with Crippen LogP contribution in [-0.2, 0) is 4.79 Å². The Labute approximate surface area is 119 Å². The molecule has 1 saturated heterocycles. The molecule has 0 aliphatic carbocycles. The van der Waals surface area contributed by atoms with Crippen molar-refractivity contribution >= 4 is 27.7 Å². The molecular formula is C13H14BrFN2O2. The van der Waals surface area contributed by atoms with Crippen molar-refractivity contribution in [2.24, 2.45) is 0 Å². The van der Waals surface area contributed by atoms with E-state index >= 15 is 0 Å². The lowest BCUT2D eigenvalue weighted by Crippen LogP contribution is -2.50. The molecule has 0 radical (unpaired) electrons. The van der Waals surface area contributed by atoms with Crippen LogP contribution in [0.2, 0.25) is 0 Å². The predicted octanol–water partition coefficient (Wildman–Crippen LogP) is 1.89. The fourth-order valence-corrected chi connectivity index (χ4v) is 2.50. The Morgan fingerprint density at radius 3 is 2.32 bits per heavy atom. The lowest BCUT2D eigenvalue weighted by atomic mass is 10.1. The fraction of sp³-hybridized carbons (Fsp3) is 0.385. The molecule has 0 aromatic heterocycles. The highest BCUT2D eigenvalue weighted by Gasteiger charge is 2.24. The minimum atomic E-state index is -0.451. The highest BCUT2D eigenvalue weighted by molar-refractivity contribution is 9.10. The maximum atomic E-state index is 13.4. The number of nitrogens with zero attached hydrogens (tertiary/aromatic N) is 2. The van der Waals surface area contributed by atoms with Crippen LogP contribution >= 0.6 is 15.9 Å². The van der Waals surface area contributed by atoms with Gasteiger partial charge in [0.15, 0.2) is 0 Å². The van der Waals surface area contributed by atoms with Gasteiger partial charge in [-0.05, 0) is 28.1 Å². The highest BCUT2D eigenvalue weighted by atomic mass is 79.9. The molecule has 1 aromatic rings. The zero-order valence-electron chi connectivity index (χ0n) is 10.5. The summed E-state index contributed by atoms with van der Waals surface area (Å²) in [7, 11) is 0. The van der Waals surface area contributed by atoms with E-state index < -0.39 is 5.82 Å². The molecule has 2 rings (SSSR count). The smallest absolute Gasteiger partial charge is 0.255 e. The molecule has 0 unspecified atom stereocenters. The van der Waals surface area contributed by atoms with E-state index in [1.807, 2.05) is 0 Å². The van der Waals surface area contributed by atoms with E-state index in [9.17, 15) is 14.0 Å². The molecule has 4 nitrogen and oxygen atoms in total. The van der Waals surface area contributed by atoms with Crippen LogP contribution in [0.5, 0.6) is 0 Å².